The quantitative estimate of drug-likeness (QED) is 0.442. The molecule has 128 valence electrons. The highest BCUT2D eigenvalue weighted by Crippen LogP contribution is 2.22. The molecule has 1 aliphatic rings. The van der Waals surface area contributed by atoms with Gasteiger partial charge in [-0.05, 0) is 42.5 Å². The van der Waals surface area contributed by atoms with Gasteiger partial charge in [0.2, 0.25) is 5.90 Å². The SMILES string of the molecule is O=C1OC(c2cccc(Br)c2)=N/C1=C\c1coc2ccc(Cl)cc2c1=O. The molecule has 2 aromatic carbocycles. The van der Waals surface area contributed by atoms with Gasteiger partial charge < -0.3 is 9.15 Å². The monoisotopic (exact) mass is 429 g/mol. The van der Waals surface area contributed by atoms with Crippen molar-refractivity contribution in [1.82, 2.24) is 0 Å². The third kappa shape index (κ3) is 3.09. The molecule has 3 aromatic rings. The fraction of sp³-hybridized carbons (Fsp3) is 0. The van der Waals surface area contributed by atoms with E-state index in [1.165, 1.54) is 18.4 Å². The predicted octanol–water partition coefficient (Wildman–Crippen LogP) is 4.55. The molecule has 0 spiro atoms. The molecule has 0 unspecified atom stereocenters. The van der Waals surface area contributed by atoms with Crippen LogP contribution in [0.25, 0.3) is 17.0 Å². The summed E-state index contributed by atoms with van der Waals surface area (Å²) in [5.74, 6) is -0.457. The van der Waals surface area contributed by atoms with Crippen LogP contribution < -0.4 is 5.43 Å². The minimum atomic E-state index is -0.634. The number of fused-ring (bicyclic) bond motifs is 1. The highest BCUT2D eigenvalue weighted by Gasteiger charge is 2.24. The van der Waals surface area contributed by atoms with Gasteiger partial charge in [0.15, 0.2) is 11.1 Å². The van der Waals surface area contributed by atoms with Crippen molar-refractivity contribution in [2.45, 2.75) is 0 Å². The molecule has 0 aliphatic carbocycles. The average Bonchev–Trinajstić information content (AvgIpc) is 2.99. The van der Waals surface area contributed by atoms with E-state index in [2.05, 4.69) is 20.9 Å². The molecule has 0 fully saturated rings. The predicted molar refractivity (Wildman–Crippen MR) is 102 cm³/mol. The summed E-state index contributed by atoms with van der Waals surface area (Å²) >= 11 is 9.30. The van der Waals surface area contributed by atoms with E-state index in [0.29, 0.717) is 21.6 Å². The number of carbonyl (C=O) groups excluding carboxylic acids is 1. The smallest absolute Gasteiger partial charge is 0.363 e. The van der Waals surface area contributed by atoms with Crippen LogP contribution >= 0.6 is 27.5 Å². The molecule has 7 heteroatoms. The van der Waals surface area contributed by atoms with Gasteiger partial charge in [0.25, 0.3) is 0 Å². The van der Waals surface area contributed by atoms with Crippen molar-refractivity contribution in [3.63, 3.8) is 0 Å². The first-order valence-corrected chi connectivity index (χ1v) is 8.68. The van der Waals surface area contributed by atoms with Gasteiger partial charge in [0, 0.05) is 15.1 Å². The van der Waals surface area contributed by atoms with Crippen molar-refractivity contribution >= 4 is 56.4 Å². The number of esters is 1. The van der Waals surface area contributed by atoms with Crippen LogP contribution in [0.3, 0.4) is 0 Å². The summed E-state index contributed by atoms with van der Waals surface area (Å²) < 4.78 is 11.5. The molecule has 0 radical (unpaired) electrons. The van der Waals surface area contributed by atoms with E-state index in [4.69, 9.17) is 20.8 Å². The normalized spacial score (nSPS) is 15.4. The first kappa shape index (κ1) is 16.8. The maximum absolute atomic E-state index is 12.6. The van der Waals surface area contributed by atoms with Crippen LogP contribution in [0.15, 0.2) is 73.1 Å². The fourth-order valence-electron chi connectivity index (χ4n) is 2.52. The van der Waals surface area contributed by atoms with Crippen LogP contribution in [0, 0.1) is 0 Å². The summed E-state index contributed by atoms with van der Waals surface area (Å²) in [6, 6.07) is 12.0. The van der Waals surface area contributed by atoms with Crippen LogP contribution in [0.4, 0.5) is 0 Å². The lowest BCUT2D eigenvalue weighted by Crippen LogP contribution is -2.07. The molecule has 1 aromatic heterocycles. The fourth-order valence-corrected chi connectivity index (χ4v) is 3.09. The molecule has 1 aliphatic heterocycles. The maximum atomic E-state index is 12.6. The summed E-state index contributed by atoms with van der Waals surface area (Å²) in [5, 5.41) is 0.749. The van der Waals surface area contributed by atoms with Crippen molar-refractivity contribution in [1.29, 1.82) is 0 Å². The lowest BCUT2D eigenvalue weighted by molar-refractivity contribution is -0.129. The summed E-state index contributed by atoms with van der Waals surface area (Å²) in [6.07, 6.45) is 2.63. The van der Waals surface area contributed by atoms with Gasteiger partial charge in [-0.15, -0.1) is 0 Å². The number of ether oxygens (including phenoxy) is 1. The Morgan fingerprint density at radius 1 is 1.12 bits per heavy atom. The molecular formula is C19H9BrClNO4. The van der Waals surface area contributed by atoms with Gasteiger partial charge in [-0.25, -0.2) is 9.79 Å². The number of carbonyl (C=O) groups is 1. The Hall–Kier alpha value is -2.70. The zero-order valence-corrected chi connectivity index (χ0v) is 15.4. The molecule has 0 N–H and O–H groups in total. The molecular weight excluding hydrogens is 422 g/mol. The van der Waals surface area contributed by atoms with Crippen LogP contribution in [-0.2, 0) is 9.53 Å². The highest BCUT2D eigenvalue weighted by molar-refractivity contribution is 9.10. The van der Waals surface area contributed by atoms with Crippen molar-refractivity contribution in [3.8, 4) is 0 Å². The van der Waals surface area contributed by atoms with Crippen molar-refractivity contribution < 1.29 is 13.9 Å². The van der Waals surface area contributed by atoms with Gasteiger partial charge >= 0.3 is 5.97 Å². The molecule has 2 heterocycles. The topological polar surface area (TPSA) is 68.9 Å². The van der Waals surface area contributed by atoms with Crippen molar-refractivity contribution in [2.75, 3.05) is 0 Å². The molecule has 0 saturated heterocycles. The zero-order valence-electron chi connectivity index (χ0n) is 13.0. The number of nitrogens with zero attached hydrogens (tertiary/aromatic N) is 1. The molecule has 26 heavy (non-hydrogen) atoms. The number of hydrogen-bond acceptors (Lipinski definition) is 5. The minimum Gasteiger partial charge on any atom is -0.463 e. The van der Waals surface area contributed by atoms with Crippen LogP contribution in [0.5, 0.6) is 0 Å². The molecule has 0 atom stereocenters. The molecule has 0 saturated carbocycles. The van der Waals surface area contributed by atoms with E-state index in [1.807, 2.05) is 6.07 Å². The largest absolute Gasteiger partial charge is 0.463 e. The number of rotatable bonds is 2. The van der Waals surface area contributed by atoms with Gasteiger partial charge in [0.1, 0.15) is 11.8 Å². The zero-order chi connectivity index (χ0) is 18.3. The Labute approximate surface area is 160 Å². The first-order valence-electron chi connectivity index (χ1n) is 7.51. The van der Waals surface area contributed by atoms with E-state index in [9.17, 15) is 9.59 Å². The van der Waals surface area contributed by atoms with Gasteiger partial charge in [-0.2, -0.15) is 0 Å². The minimum absolute atomic E-state index is 0.0219. The Morgan fingerprint density at radius 3 is 2.77 bits per heavy atom. The standard InChI is InChI=1S/C19H9BrClNO4/c20-12-3-1-2-10(6-12)18-22-15(19(24)26-18)7-11-9-25-16-5-4-13(21)8-14(16)17(11)23/h1-9H/b15-7-. The Kier molecular flexibility index (Phi) is 4.22. The third-order valence-corrected chi connectivity index (χ3v) is 4.47. The lowest BCUT2D eigenvalue weighted by Gasteiger charge is -1.99. The molecule has 0 amide bonds. The van der Waals surface area contributed by atoms with Crippen LogP contribution in [-0.4, -0.2) is 11.9 Å². The average molecular weight is 431 g/mol. The van der Waals surface area contributed by atoms with Gasteiger partial charge in [0.05, 0.1) is 10.9 Å². The van der Waals surface area contributed by atoms with Crippen molar-refractivity contribution in [3.05, 3.63) is 85.3 Å². The summed E-state index contributed by atoms with van der Waals surface area (Å²) in [7, 11) is 0. The summed E-state index contributed by atoms with van der Waals surface area (Å²) in [6.45, 7) is 0. The second kappa shape index (κ2) is 6.55. The van der Waals surface area contributed by atoms with Gasteiger partial charge in [-0.1, -0.05) is 33.6 Å². The maximum Gasteiger partial charge on any atom is 0.363 e. The number of halogens is 2. The van der Waals surface area contributed by atoms with Crippen LogP contribution in [0.1, 0.15) is 11.1 Å². The van der Waals surface area contributed by atoms with Gasteiger partial charge in [-0.3, -0.25) is 4.79 Å². The molecule has 0 bridgehead atoms. The van der Waals surface area contributed by atoms with E-state index >= 15 is 0 Å². The third-order valence-electron chi connectivity index (χ3n) is 3.75. The van der Waals surface area contributed by atoms with E-state index in [1.54, 1.807) is 30.3 Å². The number of aliphatic imine (C=N–C) groups is 1. The van der Waals surface area contributed by atoms with E-state index in [0.717, 1.165) is 4.47 Å². The van der Waals surface area contributed by atoms with Crippen molar-refractivity contribution in [2.24, 2.45) is 4.99 Å². The summed E-state index contributed by atoms with van der Waals surface area (Å²) in [5.41, 5.74) is 0.960. The number of hydrogen-bond donors (Lipinski definition) is 0. The Morgan fingerprint density at radius 2 is 1.96 bits per heavy atom. The number of benzene rings is 2. The van der Waals surface area contributed by atoms with E-state index in [-0.39, 0.29) is 22.6 Å². The second-order valence-electron chi connectivity index (χ2n) is 5.51. The molecule has 5 nitrogen and oxygen atoms in total. The highest BCUT2D eigenvalue weighted by atomic mass is 79.9. The first-order chi connectivity index (χ1) is 12.5. The second-order valence-corrected chi connectivity index (χ2v) is 6.86. The Balaban J connectivity index is 1.79. The Bertz CT molecular complexity index is 1180. The molecule has 4 rings (SSSR count). The summed E-state index contributed by atoms with van der Waals surface area (Å²) in [4.78, 5) is 28.9. The van der Waals surface area contributed by atoms with Crippen LogP contribution in [0.2, 0.25) is 5.02 Å². The lowest BCUT2D eigenvalue weighted by atomic mass is 10.1. The van der Waals surface area contributed by atoms with E-state index < -0.39 is 5.97 Å². The number of cyclic esters (lactones) is 1.